The molecule has 0 bridgehead atoms. The zero-order valence-corrected chi connectivity index (χ0v) is 13.1. The molecule has 0 unspecified atom stereocenters. The molecule has 0 spiro atoms. The summed E-state index contributed by atoms with van der Waals surface area (Å²) < 4.78 is 11.9. The fourth-order valence-electron chi connectivity index (χ4n) is 1.70. The molecule has 2 aromatic rings. The van der Waals surface area contributed by atoms with Gasteiger partial charge in [0, 0.05) is 10.0 Å². The Bertz CT molecular complexity index is 628. The smallest absolute Gasteiger partial charge is 0.252 e. The zero-order valence-electron chi connectivity index (χ0n) is 10.7. The molecule has 0 heterocycles. The third-order valence-corrected chi connectivity index (χ3v) is 3.39. The second kappa shape index (κ2) is 6.77. The van der Waals surface area contributed by atoms with Gasteiger partial charge in [0.15, 0.2) is 11.5 Å². The molecular formula is C15H12BrClO3. The predicted octanol–water partition coefficient (Wildman–Crippen LogP) is 4.42. The van der Waals surface area contributed by atoms with E-state index in [1.807, 2.05) is 24.3 Å². The second-order valence-electron chi connectivity index (χ2n) is 4.06. The molecule has 104 valence electrons. The molecule has 0 saturated carbocycles. The van der Waals surface area contributed by atoms with Crippen LogP contribution in [0.1, 0.15) is 15.9 Å². The van der Waals surface area contributed by atoms with Gasteiger partial charge in [0.25, 0.3) is 5.24 Å². The summed E-state index contributed by atoms with van der Waals surface area (Å²) in [5.74, 6) is 1.04. The number of rotatable bonds is 5. The Morgan fingerprint density at radius 1 is 1.20 bits per heavy atom. The molecule has 20 heavy (non-hydrogen) atoms. The summed E-state index contributed by atoms with van der Waals surface area (Å²) in [5.41, 5.74) is 1.40. The van der Waals surface area contributed by atoms with Gasteiger partial charge >= 0.3 is 0 Å². The van der Waals surface area contributed by atoms with Crippen LogP contribution in [0, 0.1) is 0 Å². The van der Waals surface area contributed by atoms with Crippen LogP contribution in [0.15, 0.2) is 46.9 Å². The van der Waals surface area contributed by atoms with E-state index < -0.39 is 5.24 Å². The molecule has 0 atom stereocenters. The van der Waals surface area contributed by atoms with Gasteiger partial charge in [-0.15, -0.1) is 0 Å². The van der Waals surface area contributed by atoms with Gasteiger partial charge in [0.2, 0.25) is 0 Å². The van der Waals surface area contributed by atoms with Crippen molar-refractivity contribution in [3.8, 4) is 11.5 Å². The maximum atomic E-state index is 11.1. The van der Waals surface area contributed by atoms with Crippen LogP contribution in [0.5, 0.6) is 11.5 Å². The van der Waals surface area contributed by atoms with Crippen LogP contribution in [0.25, 0.3) is 0 Å². The van der Waals surface area contributed by atoms with Gasteiger partial charge in [-0.05, 0) is 47.5 Å². The van der Waals surface area contributed by atoms with Crippen LogP contribution in [-0.2, 0) is 6.61 Å². The molecule has 0 radical (unpaired) electrons. The number of ether oxygens (including phenoxy) is 2. The van der Waals surface area contributed by atoms with E-state index in [1.54, 1.807) is 18.2 Å². The number of halogens is 2. The molecule has 0 N–H and O–H groups in total. The van der Waals surface area contributed by atoms with Crippen molar-refractivity contribution in [3.63, 3.8) is 0 Å². The minimum Gasteiger partial charge on any atom is -0.493 e. The predicted molar refractivity (Wildman–Crippen MR) is 81.7 cm³/mol. The Hall–Kier alpha value is -1.52. The molecule has 0 aliphatic rings. The Kier molecular flexibility index (Phi) is 5.04. The lowest BCUT2D eigenvalue weighted by atomic mass is 10.2. The quantitative estimate of drug-likeness (QED) is 0.745. The highest BCUT2D eigenvalue weighted by Gasteiger charge is 2.09. The number of carbonyl (C=O) groups is 1. The van der Waals surface area contributed by atoms with E-state index in [9.17, 15) is 4.79 Å². The summed E-state index contributed by atoms with van der Waals surface area (Å²) in [6.45, 7) is 0.407. The van der Waals surface area contributed by atoms with E-state index in [4.69, 9.17) is 21.1 Å². The lowest BCUT2D eigenvalue weighted by Crippen LogP contribution is -1.99. The molecule has 0 saturated heterocycles. The first kappa shape index (κ1) is 14.9. The van der Waals surface area contributed by atoms with Gasteiger partial charge in [-0.2, -0.15) is 0 Å². The lowest BCUT2D eigenvalue weighted by molar-refractivity contribution is 0.108. The normalized spacial score (nSPS) is 10.2. The van der Waals surface area contributed by atoms with E-state index in [-0.39, 0.29) is 0 Å². The average Bonchev–Trinajstić information content (AvgIpc) is 2.45. The highest BCUT2D eigenvalue weighted by Crippen LogP contribution is 2.29. The number of benzene rings is 2. The molecule has 2 aromatic carbocycles. The fraction of sp³-hybridized carbons (Fsp3) is 0.133. The number of methoxy groups -OCH3 is 1. The number of carbonyl (C=O) groups excluding carboxylic acids is 1. The largest absolute Gasteiger partial charge is 0.493 e. The summed E-state index contributed by atoms with van der Waals surface area (Å²) in [6.07, 6.45) is 0. The molecule has 5 heteroatoms. The van der Waals surface area contributed by atoms with Gasteiger partial charge in [0.1, 0.15) is 6.61 Å². The molecule has 0 aliphatic carbocycles. The van der Waals surface area contributed by atoms with E-state index in [2.05, 4.69) is 15.9 Å². The van der Waals surface area contributed by atoms with Crippen molar-refractivity contribution in [2.75, 3.05) is 7.11 Å². The summed E-state index contributed by atoms with van der Waals surface area (Å²) in [7, 11) is 1.52. The second-order valence-corrected chi connectivity index (χ2v) is 5.32. The number of hydrogen-bond donors (Lipinski definition) is 0. The third kappa shape index (κ3) is 3.74. The SMILES string of the molecule is COc1cc(C(=O)Cl)ccc1OCc1cccc(Br)c1. The van der Waals surface area contributed by atoms with E-state index in [0.29, 0.717) is 23.7 Å². The van der Waals surface area contributed by atoms with Crippen molar-refractivity contribution in [2.45, 2.75) is 6.61 Å². The molecule has 0 aliphatic heterocycles. The average molecular weight is 356 g/mol. The Labute approximate surface area is 130 Å². The molecule has 0 aromatic heterocycles. The molecular weight excluding hydrogens is 344 g/mol. The highest BCUT2D eigenvalue weighted by atomic mass is 79.9. The van der Waals surface area contributed by atoms with Gasteiger partial charge < -0.3 is 9.47 Å². The third-order valence-electron chi connectivity index (χ3n) is 2.67. The van der Waals surface area contributed by atoms with Crippen LogP contribution < -0.4 is 9.47 Å². The summed E-state index contributed by atoms with van der Waals surface area (Å²) in [4.78, 5) is 11.1. The van der Waals surface area contributed by atoms with Crippen LogP contribution in [0.2, 0.25) is 0 Å². The molecule has 0 fully saturated rings. The van der Waals surface area contributed by atoms with Gasteiger partial charge in [0.05, 0.1) is 7.11 Å². The van der Waals surface area contributed by atoms with Crippen molar-refractivity contribution in [2.24, 2.45) is 0 Å². The number of hydrogen-bond acceptors (Lipinski definition) is 3. The zero-order chi connectivity index (χ0) is 14.5. The summed E-state index contributed by atoms with van der Waals surface area (Å²) >= 11 is 8.84. The maximum absolute atomic E-state index is 11.1. The van der Waals surface area contributed by atoms with Gasteiger partial charge in [-0.3, -0.25) is 4.79 Å². The Balaban J connectivity index is 2.15. The first-order valence-corrected chi connectivity index (χ1v) is 7.02. The Morgan fingerprint density at radius 2 is 2.00 bits per heavy atom. The molecule has 0 amide bonds. The van der Waals surface area contributed by atoms with E-state index in [0.717, 1.165) is 10.0 Å². The first-order chi connectivity index (χ1) is 9.60. The van der Waals surface area contributed by atoms with E-state index >= 15 is 0 Å². The van der Waals surface area contributed by atoms with E-state index in [1.165, 1.54) is 7.11 Å². The van der Waals surface area contributed by atoms with Gasteiger partial charge in [-0.1, -0.05) is 28.1 Å². The molecule has 2 rings (SSSR count). The van der Waals surface area contributed by atoms with Crippen LogP contribution in [0.3, 0.4) is 0 Å². The Morgan fingerprint density at radius 3 is 2.65 bits per heavy atom. The molecule has 3 nitrogen and oxygen atoms in total. The van der Waals surface area contributed by atoms with Crippen molar-refractivity contribution >= 4 is 32.8 Å². The first-order valence-electron chi connectivity index (χ1n) is 5.85. The minimum atomic E-state index is -0.526. The fourth-order valence-corrected chi connectivity index (χ4v) is 2.26. The van der Waals surface area contributed by atoms with Crippen molar-refractivity contribution in [1.29, 1.82) is 0 Å². The van der Waals surface area contributed by atoms with Crippen LogP contribution in [0.4, 0.5) is 0 Å². The standard InChI is InChI=1S/C15H12BrClO3/c1-19-14-8-11(15(17)18)5-6-13(14)20-9-10-3-2-4-12(16)7-10/h2-8H,9H2,1H3. The monoisotopic (exact) mass is 354 g/mol. The lowest BCUT2D eigenvalue weighted by Gasteiger charge is -2.11. The minimum absolute atomic E-state index is 0.373. The van der Waals surface area contributed by atoms with Crippen molar-refractivity contribution in [1.82, 2.24) is 0 Å². The van der Waals surface area contributed by atoms with Crippen molar-refractivity contribution in [3.05, 3.63) is 58.1 Å². The maximum Gasteiger partial charge on any atom is 0.252 e. The highest BCUT2D eigenvalue weighted by molar-refractivity contribution is 9.10. The van der Waals surface area contributed by atoms with Crippen LogP contribution in [-0.4, -0.2) is 12.4 Å². The summed E-state index contributed by atoms with van der Waals surface area (Å²) in [5, 5.41) is -0.526. The topological polar surface area (TPSA) is 35.5 Å². The van der Waals surface area contributed by atoms with Crippen molar-refractivity contribution < 1.29 is 14.3 Å². The van der Waals surface area contributed by atoms with Gasteiger partial charge in [-0.25, -0.2) is 0 Å². The summed E-state index contributed by atoms with van der Waals surface area (Å²) in [6, 6.07) is 12.7. The van der Waals surface area contributed by atoms with Crippen LogP contribution >= 0.6 is 27.5 Å².